The molecule has 0 spiro atoms. The highest BCUT2D eigenvalue weighted by molar-refractivity contribution is 7.86. The lowest BCUT2D eigenvalue weighted by Crippen LogP contribution is -2.39. The number of nitrogens with zero attached hydrogens (tertiary/aromatic N) is 2. The molecule has 2 aliphatic rings. The smallest absolute Gasteiger partial charge is 0.316 e. The van der Waals surface area contributed by atoms with Gasteiger partial charge in [0.15, 0.2) is 0 Å². The van der Waals surface area contributed by atoms with Crippen LogP contribution in [0.15, 0.2) is 48.5 Å². The lowest BCUT2D eigenvalue weighted by atomic mass is 10.0. The average molecular weight is 416 g/mol. The number of hydrogen-bond donors (Lipinski definition) is 2. The first kappa shape index (κ1) is 19.6. The SMILES string of the molecule is NS(=O)(=O)N1CC=C(c2ccc(NC(=O)N3Cc4ccc(F)cc4C3)cc2)CC1. The van der Waals surface area contributed by atoms with Gasteiger partial charge in [-0.2, -0.15) is 12.7 Å². The molecule has 0 radical (unpaired) electrons. The molecule has 0 saturated carbocycles. The molecule has 0 saturated heterocycles. The summed E-state index contributed by atoms with van der Waals surface area (Å²) in [5.41, 5.74) is 4.45. The topological polar surface area (TPSA) is 95.7 Å². The monoisotopic (exact) mass is 416 g/mol. The van der Waals surface area contributed by atoms with Crippen LogP contribution in [-0.4, -0.2) is 36.7 Å². The van der Waals surface area contributed by atoms with Crippen molar-refractivity contribution in [3.8, 4) is 0 Å². The summed E-state index contributed by atoms with van der Waals surface area (Å²) in [6.45, 7) is 1.43. The van der Waals surface area contributed by atoms with E-state index in [0.29, 0.717) is 31.7 Å². The Balaban J connectivity index is 1.38. The van der Waals surface area contributed by atoms with Gasteiger partial charge in [0.1, 0.15) is 5.82 Å². The van der Waals surface area contributed by atoms with E-state index in [-0.39, 0.29) is 18.4 Å². The third-order valence-electron chi connectivity index (χ3n) is 5.22. The van der Waals surface area contributed by atoms with Crippen molar-refractivity contribution < 1.29 is 17.6 Å². The molecular formula is C20H21FN4O3S. The molecule has 0 aliphatic carbocycles. The number of rotatable bonds is 3. The van der Waals surface area contributed by atoms with Gasteiger partial charge in [-0.1, -0.05) is 24.3 Å². The van der Waals surface area contributed by atoms with E-state index in [9.17, 15) is 17.6 Å². The maximum atomic E-state index is 13.3. The zero-order chi connectivity index (χ0) is 20.6. The fourth-order valence-corrected chi connectivity index (χ4v) is 4.25. The Morgan fingerprint density at radius 1 is 1.07 bits per heavy atom. The van der Waals surface area contributed by atoms with E-state index in [2.05, 4.69) is 5.32 Å². The summed E-state index contributed by atoms with van der Waals surface area (Å²) in [5.74, 6) is -0.300. The second-order valence-electron chi connectivity index (χ2n) is 7.16. The van der Waals surface area contributed by atoms with E-state index in [1.165, 1.54) is 16.4 Å². The highest BCUT2D eigenvalue weighted by Crippen LogP contribution is 2.26. The minimum absolute atomic E-state index is 0.241. The molecule has 152 valence electrons. The van der Waals surface area contributed by atoms with Crippen LogP contribution in [0.5, 0.6) is 0 Å². The molecule has 3 N–H and O–H groups in total. The van der Waals surface area contributed by atoms with Crippen molar-refractivity contribution in [1.82, 2.24) is 9.21 Å². The molecule has 2 heterocycles. The molecule has 29 heavy (non-hydrogen) atoms. The Bertz CT molecular complexity index is 1080. The molecule has 0 fully saturated rings. The average Bonchev–Trinajstić information content (AvgIpc) is 3.11. The summed E-state index contributed by atoms with van der Waals surface area (Å²) in [6.07, 6.45) is 2.42. The second-order valence-corrected chi connectivity index (χ2v) is 8.71. The standard InChI is InChI=1S/C20H21FN4O3S/c21-18-4-1-16-12-24(13-17(16)11-18)20(26)23-19-5-2-14(3-6-19)15-7-9-25(10-8-15)29(22,27)28/h1-7,11H,8-10,12-13H2,(H,23,26)(H2,22,27,28). The third-order valence-corrected chi connectivity index (χ3v) is 6.27. The minimum atomic E-state index is -3.67. The number of halogens is 1. The summed E-state index contributed by atoms with van der Waals surface area (Å²) in [7, 11) is -3.67. The highest BCUT2D eigenvalue weighted by atomic mass is 32.2. The highest BCUT2D eigenvalue weighted by Gasteiger charge is 2.24. The number of nitrogens with two attached hydrogens (primary N) is 1. The number of amides is 2. The maximum absolute atomic E-state index is 13.3. The number of anilines is 1. The van der Waals surface area contributed by atoms with Gasteiger partial charge in [0.25, 0.3) is 10.2 Å². The molecular weight excluding hydrogens is 395 g/mol. The molecule has 2 amide bonds. The second kappa shape index (κ2) is 7.58. The number of benzene rings is 2. The van der Waals surface area contributed by atoms with Crippen molar-refractivity contribution in [2.24, 2.45) is 5.14 Å². The zero-order valence-electron chi connectivity index (χ0n) is 15.6. The van der Waals surface area contributed by atoms with E-state index in [0.717, 1.165) is 22.3 Å². The van der Waals surface area contributed by atoms with E-state index in [4.69, 9.17) is 5.14 Å². The van der Waals surface area contributed by atoms with Crippen LogP contribution in [-0.2, 0) is 23.3 Å². The molecule has 0 bridgehead atoms. The Labute approximate surface area is 168 Å². The van der Waals surface area contributed by atoms with Gasteiger partial charge in [-0.05, 0) is 52.9 Å². The van der Waals surface area contributed by atoms with Crippen LogP contribution in [0.1, 0.15) is 23.1 Å². The van der Waals surface area contributed by atoms with Crippen molar-refractivity contribution in [2.45, 2.75) is 19.5 Å². The van der Waals surface area contributed by atoms with E-state index in [1.54, 1.807) is 11.0 Å². The van der Waals surface area contributed by atoms with Crippen molar-refractivity contribution >= 4 is 27.5 Å². The summed E-state index contributed by atoms with van der Waals surface area (Å²) in [5, 5.41) is 8.01. The van der Waals surface area contributed by atoms with E-state index < -0.39 is 10.2 Å². The predicted molar refractivity (Wildman–Crippen MR) is 108 cm³/mol. The Kier molecular flexibility index (Phi) is 5.12. The first-order valence-electron chi connectivity index (χ1n) is 9.20. The summed E-state index contributed by atoms with van der Waals surface area (Å²) >= 11 is 0. The Morgan fingerprint density at radius 3 is 2.45 bits per heavy atom. The molecule has 2 aromatic rings. The van der Waals surface area contributed by atoms with Crippen molar-refractivity contribution in [3.05, 3.63) is 71.0 Å². The molecule has 0 atom stereocenters. The van der Waals surface area contributed by atoms with E-state index in [1.807, 2.05) is 30.3 Å². The molecule has 4 rings (SSSR count). The minimum Gasteiger partial charge on any atom is -0.316 e. The van der Waals surface area contributed by atoms with Crippen LogP contribution in [0, 0.1) is 5.82 Å². The first-order valence-corrected chi connectivity index (χ1v) is 10.7. The van der Waals surface area contributed by atoms with Gasteiger partial charge in [0.05, 0.1) is 0 Å². The summed E-state index contributed by atoms with van der Waals surface area (Å²) in [4.78, 5) is 14.1. The van der Waals surface area contributed by atoms with Gasteiger partial charge in [-0.15, -0.1) is 0 Å². The molecule has 0 aromatic heterocycles. The fraction of sp³-hybridized carbons (Fsp3) is 0.250. The van der Waals surface area contributed by atoms with Gasteiger partial charge in [-0.3, -0.25) is 0 Å². The van der Waals surface area contributed by atoms with E-state index >= 15 is 0 Å². The molecule has 7 nitrogen and oxygen atoms in total. The van der Waals surface area contributed by atoms with Gasteiger partial charge in [0, 0.05) is 31.9 Å². The maximum Gasteiger partial charge on any atom is 0.322 e. The van der Waals surface area contributed by atoms with Crippen molar-refractivity contribution in [2.75, 3.05) is 18.4 Å². The van der Waals surface area contributed by atoms with Crippen LogP contribution in [0.25, 0.3) is 5.57 Å². The quantitative estimate of drug-likeness (QED) is 0.805. The normalized spacial score (nSPS) is 17.0. The largest absolute Gasteiger partial charge is 0.322 e. The summed E-state index contributed by atoms with van der Waals surface area (Å²) < 4.78 is 37.3. The van der Waals surface area contributed by atoms with Crippen LogP contribution < -0.4 is 10.5 Å². The Hall–Kier alpha value is -2.75. The number of fused-ring (bicyclic) bond motifs is 1. The van der Waals surface area contributed by atoms with Crippen molar-refractivity contribution in [1.29, 1.82) is 0 Å². The third kappa shape index (κ3) is 4.31. The number of nitrogens with one attached hydrogen (secondary N) is 1. The zero-order valence-corrected chi connectivity index (χ0v) is 16.5. The van der Waals surface area contributed by atoms with Crippen molar-refractivity contribution in [3.63, 3.8) is 0 Å². The predicted octanol–water partition coefficient (Wildman–Crippen LogP) is 2.67. The molecule has 2 aliphatic heterocycles. The number of urea groups is 1. The lowest BCUT2D eigenvalue weighted by molar-refractivity contribution is 0.212. The van der Waals surface area contributed by atoms with Crippen LogP contribution in [0.4, 0.5) is 14.9 Å². The first-order chi connectivity index (χ1) is 13.8. The lowest BCUT2D eigenvalue weighted by Gasteiger charge is -2.24. The number of carbonyl (C=O) groups excluding carboxylic acids is 1. The van der Waals surface area contributed by atoms with Crippen LogP contribution in [0.2, 0.25) is 0 Å². The summed E-state index contributed by atoms with van der Waals surface area (Å²) in [6, 6.07) is 11.7. The van der Waals surface area contributed by atoms with Crippen LogP contribution >= 0.6 is 0 Å². The van der Waals surface area contributed by atoms with Crippen LogP contribution in [0.3, 0.4) is 0 Å². The molecule has 0 unspecified atom stereocenters. The van der Waals surface area contributed by atoms with Gasteiger partial charge >= 0.3 is 6.03 Å². The van der Waals surface area contributed by atoms with Gasteiger partial charge in [0.2, 0.25) is 0 Å². The molecule has 9 heteroatoms. The fourth-order valence-electron chi connectivity index (χ4n) is 3.62. The molecule has 2 aromatic carbocycles. The Morgan fingerprint density at radius 2 is 1.79 bits per heavy atom. The number of carbonyl (C=O) groups is 1. The number of hydrogen-bond acceptors (Lipinski definition) is 3. The van der Waals surface area contributed by atoms with Gasteiger partial charge < -0.3 is 10.2 Å². The van der Waals surface area contributed by atoms with Gasteiger partial charge in [-0.25, -0.2) is 14.3 Å².